The summed E-state index contributed by atoms with van der Waals surface area (Å²) in [6, 6.07) is 4.71. The lowest BCUT2D eigenvalue weighted by atomic mass is 10.1. The van der Waals surface area contributed by atoms with Crippen LogP contribution in [0.15, 0.2) is 18.2 Å². The van der Waals surface area contributed by atoms with Gasteiger partial charge in [-0.2, -0.15) is 0 Å². The summed E-state index contributed by atoms with van der Waals surface area (Å²) < 4.78 is 17.5. The summed E-state index contributed by atoms with van der Waals surface area (Å²) >= 11 is 5.72. The third-order valence-electron chi connectivity index (χ3n) is 2.68. The summed E-state index contributed by atoms with van der Waals surface area (Å²) in [5.41, 5.74) is 0.916. The lowest BCUT2D eigenvalue weighted by Crippen LogP contribution is -2.20. The third kappa shape index (κ3) is 4.63. The highest BCUT2D eigenvalue weighted by molar-refractivity contribution is 6.30. The van der Waals surface area contributed by atoms with Crippen LogP contribution in [0.25, 0.3) is 0 Å². The maximum Gasteiger partial charge on any atom is 0.305 e. The van der Waals surface area contributed by atoms with Crippen LogP contribution in [0.3, 0.4) is 0 Å². The molecular weight excluding hydrogens is 257 g/mol. The molecule has 1 rings (SSSR count). The van der Waals surface area contributed by atoms with E-state index in [1.165, 1.54) is 13.2 Å². The predicted octanol–water partition coefficient (Wildman–Crippen LogP) is 3.08. The van der Waals surface area contributed by atoms with Gasteiger partial charge in [-0.05, 0) is 37.6 Å². The Hall–Kier alpha value is -1.13. The van der Waals surface area contributed by atoms with Crippen molar-refractivity contribution in [2.45, 2.75) is 25.8 Å². The van der Waals surface area contributed by atoms with E-state index in [2.05, 4.69) is 10.1 Å². The fourth-order valence-electron chi connectivity index (χ4n) is 1.55. The van der Waals surface area contributed by atoms with E-state index >= 15 is 0 Å². The van der Waals surface area contributed by atoms with Crippen LogP contribution in [-0.2, 0) is 9.53 Å². The van der Waals surface area contributed by atoms with Gasteiger partial charge >= 0.3 is 5.97 Å². The van der Waals surface area contributed by atoms with Gasteiger partial charge in [0.25, 0.3) is 0 Å². The van der Waals surface area contributed by atoms with Crippen LogP contribution in [0.4, 0.5) is 4.39 Å². The van der Waals surface area contributed by atoms with Crippen molar-refractivity contribution in [2.24, 2.45) is 0 Å². The Morgan fingerprint density at radius 3 is 2.89 bits per heavy atom. The molecular formula is C13H17ClFNO2. The molecule has 0 aliphatic heterocycles. The van der Waals surface area contributed by atoms with Crippen molar-refractivity contribution in [3.05, 3.63) is 34.6 Å². The van der Waals surface area contributed by atoms with Crippen LogP contribution in [0.1, 0.15) is 31.4 Å². The normalized spacial score (nSPS) is 12.2. The zero-order valence-corrected chi connectivity index (χ0v) is 11.3. The van der Waals surface area contributed by atoms with Gasteiger partial charge in [-0.1, -0.05) is 17.7 Å². The van der Waals surface area contributed by atoms with Crippen LogP contribution >= 0.6 is 11.6 Å². The molecule has 0 heterocycles. The second kappa shape index (κ2) is 7.34. The molecule has 1 aromatic carbocycles. The highest BCUT2D eigenvalue weighted by Crippen LogP contribution is 2.20. The number of methoxy groups -OCH3 is 1. The minimum Gasteiger partial charge on any atom is -0.469 e. The van der Waals surface area contributed by atoms with Crippen LogP contribution in [0.2, 0.25) is 5.02 Å². The summed E-state index contributed by atoms with van der Waals surface area (Å²) in [6.45, 7) is 2.65. The van der Waals surface area contributed by atoms with E-state index in [0.717, 1.165) is 5.56 Å². The highest BCUT2D eigenvalue weighted by atomic mass is 35.5. The molecule has 0 saturated carbocycles. The Labute approximate surface area is 111 Å². The lowest BCUT2D eigenvalue weighted by molar-refractivity contribution is -0.140. The van der Waals surface area contributed by atoms with Gasteiger partial charge in [0.15, 0.2) is 0 Å². The van der Waals surface area contributed by atoms with Crippen LogP contribution < -0.4 is 5.32 Å². The fourth-order valence-corrected chi connectivity index (χ4v) is 1.74. The largest absolute Gasteiger partial charge is 0.469 e. The SMILES string of the molecule is COC(=O)CCCNC(C)c1ccc(F)c(Cl)c1. The number of hydrogen-bond acceptors (Lipinski definition) is 3. The standard InChI is InChI=1S/C13H17ClFNO2/c1-9(16-7-3-4-13(17)18-2)10-5-6-12(15)11(14)8-10/h5-6,8-9,16H,3-4,7H2,1-2H3. The van der Waals surface area contributed by atoms with Crippen LogP contribution in [0, 0.1) is 5.82 Å². The summed E-state index contributed by atoms with van der Waals surface area (Å²) in [4.78, 5) is 10.9. The van der Waals surface area contributed by atoms with Crippen molar-refractivity contribution in [1.29, 1.82) is 0 Å². The monoisotopic (exact) mass is 273 g/mol. The number of ether oxygens (including phenoxy) is 1. The maximum atomic E-state index is 13.0. The van der Waals surface area contributed by atoms with Crippen molar-refractivity contribution >= 4 is 17.6 Å². The number of rotatable bonds is 6. The smallest absolute Gasteiger partial charge is 0.305 e. The summed E-state index contributed by atoms with van der Waals surface area (Å²) in [7, 11) is 1.37. The van der Waals surface area contributed by atoms with Gasteiger partial charge in [-0.25, -0.2) is 4.39 Å². The predicted molar refractivity (Wildman–Crippen MR) is 69.1 cm³/mol. The Morgan fingerprint density at radius 2 is 2.28 bits per heavy atom. The summed E-state index contributed by atoms with van der Waals surface area (Å²) in [5.74, 6) is -0.632. The molecule has 100 valence electrons. The first kappa shape index (κ1) is 14.9. The average Bonchev–Trinajstić information content (AvgIpc) is 2.37. The van der Waals surface area contributed by atoms with Crippen LogP contribution in [0.5, 0.6) is 0 Å². The molecule has 1 N–H and O–H groups in total. The molecule has 18 heavy (non-hydrogen) atoms. The van der Waals surface area contributed by atoms with Gasteiger partial charge < -0.3 is 10.1 Å². The second-order valence-electron chi connectivity index (χ2n) is 4.03. The first-order valence-corrected chi connectivity index (χ1v) is 6.17. The lowest BCUT2D eigenvalue weighted by Gasteiger charge is -2.14. The molecule has 1 atom stereocenters. The van der Waals surface area contributed by atoms with E-state index < -0.39 is 5.82 Å². The van der Waals surface area contributed by atoms with Crippen molar-refractivity contribution in [2.75, 3.05) is 13.7 Å². The minimum absolute atomic E-state index is 0.0562. The Bertz CT molecular complexity index is 412. The first-order valence-electron chi connectivity index (χ1n) is 5.79. The van der Waals surface area contributed by atoms with Gasteiger partial charge in [-0.3, -0.25) is 4.79 Å². The Kier molecular flexibility index (Phi) is 6.09. The van der Waals surface area contributed by atoms with Gasteiger partial charge in [0.2, 0.25) is 0 Å². The fraction of sp³-hybridized carbons (Fsp3) is 0.462. The number of carbonyl (C=O) groups is 1. The van der Waals surface area contributed by atoms with Crippen molar-refractivity contribution < 1.29 is 13.9 Å². The zero-order chi connectivity index (χ0) is 13.5. The molecule has 0 aliphatic rings. The summed E-state index contributed by atoms with van der Waals surface area (Å²) in [5, 5.41) is 3.36. The number of esters is 1. The first-order chi connectivity index (χ1) is 8.54. The van der Waals surface area contributed by atoms with E-state index in [1.54, 1.807) is 12.1 Å². The Morgan fingerprint density at radius 1 is 1.56 bits per heavy atom. The number of benzene rings is 1. The Balaban J connectivity index is 2.38. The zero-order valence-electron chi connectivity index (χ0n) is 10.5. The summed E-state index contributed by atoms with van der Waals surface area (Å²) in [6.07, 6.45) is 1.09. The minimum atomic E-state index is -0.418. The van der Waals surface area contributed by atoms with Crippen molar-refractivity contribution in [1.82, 2.24) is 5.32 Å². The number of carbonyl (C=O) groups excluding carboxylic acids is 1. The number of halogens is 2. The topological polar surface area (TPSA) is 38.3 Å². The van der Waals surface area contributed by atoms with Gasteiger partial charge in [-0.15, -0.1) is 0 Å². The highest BCUT2D eigenvalue weighted by Gasteiger charge is 2.08. The molecule has 0 bridgehead atoms. The maximum absolute atomic E-state index is 13.0. The molecule has 0 spiro atoms. The molecule has 3 nitrogen and oxygen atoms in total. The van der Waals surface area contributed by atoms with Crippen molar-refractivity contribution in [3.63, 3.8) is 0 Å². The quantitative estimate of drug-likeness (QED) is 0.639. The van der Waals surface area contributed by atoms with Gasteiger partial charge in [0.05, 0.1) is 12.1 Å². The average molecular weight is 274 g/mol. The molecule has 0 radical (unpaired) electrons. The number of nitrogens with one attached hydrogen (secondary N) is 1. The third-order valence-corrected chi connectivity index (χ3v) is 2.97. The molecule has 1 aromatic rings. The molecule has 1 unspecified atom stereocenters. The van der Waals surface area contributed by atoms with E-state index in [0.29, 0.717) is 19.4 Å². The molecule has 5 heteroatoms. The van der Waals surface area contributed by atoms with E-state index in [9.17, 15) is 9.18 Å². The van der Waals surface area contributed by atoms with Gasteiger partial charge in [0.1, 0.15) is 5.82 Å². The molecule has 0 fully saturated rings. The van der Waals surface area contributed by atoms with E-state index in [-0.39, 0.29) is 17.0 Å². The van der Waals surface area contributed by atoms with E-state index in [4.69, 9.17) is 11.6 Å². The van der Waals surface area contributed by atoms with E-state index in [1.807, 2.05) is 6.92 Å². The molecule has 0 saturated heterocycles. The molecule has 0 amide bonds. The van der Waals surface area contributed by atoms with Crippen LogP contribution in [-0.4, -0.2) is 19.6 Å². The van der Waals surface area contributed by atoms with Crippen molar-refractivity contribution in [3.8, 4) is 0 Å². The molecule has 0 aliphatic carbocycles. The number of hydrogen-bond donors (Lipinski definition) is 1. The second-order valence-corrected chi connectivity index (χ2v) is 4.44. The van der Waals surface area contributed by atoms with Gasteiger partial charge in [0, 0.05) is 12.5 Å². The molecule has 0 aromatic heterocycles.